The number of benzene rings is 4. The molecule has 2 unspecified atom stereocenters. The number of hydrogen-bond donors (Lipinski definition) is 3. The highest BCUT2D eigenvalue weighted by Crippen LogP contribution is 2.36. The molecule has 0 heterocycles. The molecule has 43 heavy (non-hydrogen) atoms. The number of nitrogens with two attached hydrogens (primary N) is 1. The number of ether oxygens (including phenoxy) is 2. The molecule has 0 aliphatic rings. The number of aliphatic hydroxyl groups is 2. The summed E-state index contributed by atoms with van der Waals surface area (Å²) in [5.41, 5.74) is 11.7. The second kappa shape index (κ2) is 15.2. The molecular weight excluding hydrogens is 534 g/mol. The Morgan fingerprint density at radius 3 is 1.60 bits per heavy atom. The molecule has 0 aliphatic carbocycles. The topological polar surface area (TPSA) is 84.9 Å². The van der Waals surface area contributed by atoms with Crippen LogP contribution in [0.2, 0.25) is 0 Å². The van der Waals surface area contributed by atoms with Gasteiger partial charge in [-0.2, -0.15) is 0 Å². The van der Waals surface area contributed by atoms with Gasteiger partial charge >= 0.3 is 0 Å². The van der Waals surface area contributed by atoms with Crippen molar-refractivity contribution in [2.45, 2.75) is 46.5 Å². The summed E-state index contributed by atoms with van der Waals surface area (Å²) in [7, 11) is 0. The minimum absolute atomic E-state index is 0.0380. The summed E-state index contributed by atoms with van der Waals surface area (Å²) in [5, 5.41) is 20.0. The molecule has 0 aliphatic heterocycles. The molecule has 0 saturated heterocycles. The van der Waals surface area contributed by atoms with Crippen molar-refractivity contribution in [3.63, 3.8) is 0 Å². The largest absolute Gasteiger partial charge is 0.492 e. The van der Waals surface area contributed by atoms with Gasteiger partial charge in [-0.25, -0.2) is 0 Å². The highest BCUT2D eigenvalue weighted by molar-refractivity contribution is 5.73. The fraction of sp³-hybridized carbons (Fsp3) is 0.368. The van der Waals surface area contributed by atoms with Crippen LogP contribution < -0.4 is 15.2 Å². The maximum atomic E-state index is 10.2. The molecule has 0 saturated carbocycles. The maximum Gasteiger partial charge on any atom is 0.127 e. The van der Waals surface area contributed by atoms with Gasteiger partial charge in [0.2, 0.25) is 0 Å². The molecule has 0 spiro atoms. The van der Waals surface area contributed by atoms with Crippen molar-refractivity contribution >= 4 is 0 Å². The predicted molar refractivity (Wildman–Crippen MR) is 177 cm³/mol. The highest BCUT2D eigenvalue weighted by Gasteiger charge is 2.28. The van der Waals surface area contributed by atoms with E-state index in [0.29, 0.717) is 19.8 Å². The maximum absolute atomic E-state index is 10.2. The molecule has 4 N–H and O–H groups in total. The lowest BCUT2D eigenvalue weighted by Crippen LogP contribution is -2.36. The van der Waals surface area contributed by atoms with E-state index in [1.165, 1.54) is 5.56 Å². The Balaban J connectivity index is 1.65. The first kappa shape index (κ1) is 32.3. The Labute approximate surface area is 257 Å². The van der Waals surface area contributed by atoms with Gasteiger partial charge in [-0.05, 0) is 65.8 Å². The van der Waals surface area contributed by atoms with Crippen molar-refractivity contribution in [3.8, 4) is 33.8 Å². The van der Waals surface area contributed by atoms with E-state index in [-0.39, 0.29) is 18.6 Å². The smallest absolute Gasteiger partial charge is 0.127 e. The normalized spacial score (nSPS) is 14.1. The lowest BCUT2D eigenvalue weighted by Gasteiger charge is -2.30. The van der Waals surface area contributed by atoms with E-state index in [2.05, 4.69) is 68.4 Å². The van der Waals surface area contributed by atoms with Gasteiger partial charge in [-0.3, -0.25) is 0 Å². The van der Waals surface area contributed by atoms with Gasteiger partial charge < -0.3 is 25.4 Å². The zero-order valence-corrected chi connectivity index (χ0v) is 25.9. The monoisotopic (exact) mass is 581 g/mol. The molecule has 5 heteroatoms. The second-order valence-electron chi connectivity index (χ2n) is 12.1. The first-order chi connectivity index (χ1) is 20.9. The third kappa shape index (κ3) is 8.26. The lowest BCUT2D eigenvalue weighted by atomic mass is 9.82. The van der Waals surface area contributed by atoms with Gasteiger partial charge in [0.1, 0.15) is 11.5 Å². The minimum atomic E-state index is -0.505. The SMILES string of the molecule is CCCC(CC)(CO)COc1ccc(Cc2ccc(OCC(C)(CN)CO)c(-c3ccccc3)c2)cc1-c1ccccc1. The third-order valence-electron chi connectivity index (χ3n) is 8.52. The summed E-state index contributed by atoms with van der Waals surface area (Å²) in [6, 6.07) is 33.3. The van der Waals surface area contributed by atoms with Crippen molar-refractivity contribution in [2.24, 2.45) is 16.6 Å². The first-order valence-electron chi connectivity index (χ1n) is 15.4. The van der Waals surface area contributed by atoms with E-state index in [4.69, 9.17) is 15.2 Å². The summed E-state index contributed by atoms with van der Waals surface area (Å²) in [6.45, 7) is 7.43. The number of rotatable bonds is 16. The van der Waals surface area contributed by atoms with Crippen LogP contribution in [-0.2, 0) is 6.42 Å². The molecule has 228 valence electrons. The van der Waals surface area contributed by atoms with Gasteiger partial charge in [0.05, 0.1) is 26.4 Å². The number of aliphatic hydroxyl groups excluding tert-OH is 2. The van der Waals surface area contributed by atoms with Gasteiger partial charge in [0.25, 0.3) is 0 Å². The Hall–Kier alpha value is -3.64. The van der Waals surface area contributed by atoms with Crippen molar-refractivity contribution in [3.05, 3.63) is 108 Å². The zero-order chi connectivity index (χ0) is 30.7. The molecule has 2 atom stereocenters. The van der Waals surface area contributed by atoms with Crippen LogP contribution in [0.25, 0.3) is 22.3 Å². The Morgan fingerprint density at radius 1 is 0.674 bits per heavy atom. The van der Waals surface area contributed by atoms with Crippen LogP contribution in [0.15, 0.2) is 97.1 Å². The summed E-state index contributed by atoms with van der Waals surface area (Å²) < 4.78 is 12.7. The second-order valence-corrected chi connectivity index (χ2v) is 12.1. The van der Waals surface area contributed by atoms with E-state index >= 15 is 0 Å². The fourth-order valence-corrected chi connectivity index (χ4v) is 5.32. The van der Waals surface area contributed by atoms with E-state index in [1.807, 2.05) is 49.4 Å². The summed E-state index contributed by atoms with van der Waals surface area (Å²) in [5.74, 6) is 1.60. The van der Waals surface area contributed by atoms with Crippen LogP contribution in [0, 0.1) is 10.8 Å². The van der Waals surface area contributed by atoms with E-state index in [0.717, 1.165) is 65.0 Å². The minimum Gasteiger partial charge on any atom is -0.492 e. The zero-order valence-electron chi connectivity index (χ0n) is 25.9. The summed E-state index contributed by atoms with van der Waals surface area (Å²) >= 11 is 0. The van der Waals surface area contributed by atoms with Crippen LogP contribution in [-0.4, -0.2) is 43.2 Å². The van der Waals surface area contributed by atoms with Crippen molar-refractivity contribution < 1.29 is 19.7 Å². The molecule has 0 fully saturated rings. The van der Waals surface area contributed by atoms with Gasteiger partial charge in [0.15, 0.2) is 0 Å². The van der Waals surface area contributed by atoms with Crippen LogP contribution in [0.1, 0.15) is 51.2 Å². The standard InChI is InChI=1S/C38H47NO4/c1-4-20-38(5-2,26-41)28-43-36-19-17-30(23-34(36)32-14-10-7-11-15-32)21-29-16-18-35(42-27-37(3,24-39)25-40)33(22-29)31-12-8-6-9-13-31/h6-19,22-23,40-41H,4-5,20-21,24-28,39H2,1-3H3. The van der Waals surface area contributed by atoms with E-state index < -0.39 is 5.41 Å². The number of hydrogen-bond acceptors (Lipinski definition) is 5. The average molecular weight is 582 g/mol. The van der Waals surface area contributed by atoms with Crippen molar-refractivity contribution in [1.82, 2.24) is 0 Å². The van der Waals surface area contributed by atoms with Crippen molar-refractivity contribution in [2.75, 3.05) is 33.0 Å². The fourth-order valence-electron chi connectivity index (χ4n) is 5.32. The van der Waals surface area contributed by atoms with E-state index in [9.17, 15) is 10.2 Å². The van der Waals surface area contributed by atoms with Crippen LogP contribution in [0.3, 0.4) is 0 Å². The Morgan fingerprint density at radius 2 is 1.19 bits per heavy atom. The average Bonchev–Trinajstić information content (AvgIpc) is 3.07. The van der Waals surface area contributed by atoms with E-state index in [1.54, 1.807) is 0 Å². The van der Waals surface area contributed by atoms with Crippen molar-refractivity contribution in [1.29, 1.82) is 0 Å². The molecule has 5 nitrogen and oxygen atoms in total. The first-order valence-corrected chi connectivity index (χ1v) is 15.4. The summed E-state index contributed by atoms with van der Waals surface area (Å²) in [6.07, 6.45) is 3.53. The van der Waals surface area contributed by atoms with Gasteiger partial charge in [0, 0.05) is 28.5 Å². The Bertz CT molecular complexity index is 1410. The predicted octanol–water partition coefficient (Wildman–Crippen LogP) is 7.52. The van der Waals surface area contributed by atoms with Crippen LogP contribution in [0.4, 0.5) is 0 Å². The molecule has 0 aromatic heterocycles. The molecular formula is C38H47NO4. The molecule has 0 radical (unpaired) electrons. The summed E-state index contributed by atoms with van der Waals surface area (Å²) in [4.78, 5) is 0. The van der Waals surface area contributed by atoms with Crippen LogP contribution >= 0.6 is 0 Å². The van der Waals surface area contributed by atoms with Gasteiger partial charge in [-0.1, -0.05) is 100.0 Å². The lowest BCUT2D eigenvalue weighted by molar-refractivity contribution is 0.0541. The molecule has 4 aromatic rings. The third-order valence-corrected chi connectivity index (χ3v) is 8.52. The molecule has 0 bridgehead atoms. The van der Waals surface area contributed by atoms with Crippen LogP contribution in [0.5, 0.6) is 11.5 Å². The molecule has 4 aromatic carbocycles. The highest BCUT2D eigenvalue weighted by atomic mass is 16.5. The molecule has 0 amide bonds. The quantitative estimate of drug-likeness (QED) is 0.127. The Kier molecular flexibility index (Phi) is 11.4. The molecule has 4 rings (SSSR count). The van der Waals surface area contributed by atoms with Gasteiger partial charge in [-0.15, -0.1) is 0 Å².